The van der Waals surface area contributed by atoms with E-state index in [-0.39, 0.29) is 11.4 Å². The van der Waals surface area contributed by atoms with Gasteiger partial charge in [-0.3, -0.25) is 14.9 Å². The van der Waals surface area contributed by atoms with Crippen molar-refractivity contribution < 1.29 is 24.0 Å². The Morgan fingerprint density at radius 1 is 1.12 bits per heavy atom. The van der Waals surface area contributed by atoms with Crippen LogP contribution in [0.1, 0.15) is 28.4 Å². The van der Waals surface area contributed by atoms with Gasteiger partial charge in [-0.2, -0.15) is 5.10 Å². The summed E-state index contributed by atoms with van der Waals surface area (Å²) in [5.74, 6) is -0.491. The van der Waals surface area contributed by atoms with Crippen molar-refractivity contribution in [1.29, 1.82) is 0 Å². The second kappa shape index (κ2) is 11.2. The summed E-state index contributed by atoms with van der Waals surface area (Å²) in [6.07, 6.45) is 0.430. The lowest BCUT2D eigenvalue weighted by Crippen LogP contribution is -2.33. The zero-order valence-corrected chi connectivity index (χ0v) is 19.8. The first kappa shape index (κ1) is 24.6. The van der Waals surface area contributed by atoms with Gasteiger partial charge in [-0.05, 0) is 56.3 Å². The van der Waals surface area contributed by atoms with Gasteiger partial charge in [-0.15, -0.1) is 0 Å². The quantitative estimate of drug-likeness (QED) is 0.148. The molecule has 0 aliphatic heterocycles. The van der Waals surface area contributed by atoms with Crippen molar-refractivity contribution in [2.24, 2.45) is 5.10 Å². The number of non-ortho nitro benzene ring substituents is 1. The molecular formula is C24H20BrN3O6. The molecule has 0 saturated heterocycles. The fourth-order valence-electron chi connectivity index (χ4n) is 2.80. The average Bonchev–Trinajstić information content (AvgIpc) is 2.81. The fourth-order valence-corrected chi connectivity index (χ4v) is 3.18. The molecule has 0 aliphatic rings. The largest absolute Gasteiger partial charge is 0.481 e. The number of aryl methyl sites for hydroxylation is 1. The van der Waals surface area contributed by atoms with Crippen molar-refractivity contribution in [1.82, 2.24) is 5.43 Å². The maximum Gasteiger partial charge on any atom is 0.343 e. The predicted molar refractivity (Wildman–Crippen MR) is 129 cm³/mol. The Labute approximate surface area is 203 Å². The van der Waals surface area contributed by atoms with Gasteiger partial charge in [0.1, 0.15) is 11.5 Å². The van der Waals surface area contributed by atoms with Crippen molar-refractivity contribution in [3.8, 4) is 11.5 Å². The van der Waals surface area contributed by atoms with E-state index in [1.54, 1.807) is 36.4 Å². The number of nitro benzene ring substituents is 1. The Balaban J connectivity index is 1.64. The van der Waals surface area contributed by atoms with E-state index in [4.69, 9.17) is 9.47 Å². The number of benzene rings is 3. The van der Waals surface area contributed by atoms with Crippen molar-refractivity contribution in [2.45, 2.75) is 20.0 Å². The van der Waals surface area contributed by atoms with Crippen molar-refractivity contribution in [2.75, 3.05) is 0 Å². The minimum atomic E-state index is -0.917. The van der Waals surface area contributed by atoms with Crippen LogP contribution in [-0.4, -0.2) is 29.1 Å². The fraction of sp³-hybridized carbons (Fsp3) is 0.125. The molecule has 0 spiro atoms. The van der Waals surface area contributed by atoms with Crippen LogP contribution >= 0.6 is 15.9 Å². The highest BCUT2D eigenvalue weighted by Crippen LogP contribution is 2.23. The van der Waals surface area contributed by atoms with E-state index in [0.29, 0.717) is 16.9 Å². The molecule has 0 fully saturated rings. The molecule has 3 aromatic carbocycles. The van der Waals surface area contributed by atoms with Crippen LogP contribution in [0.2, 0.25) is 0 Å². The molecular weight excluding hydrogens is 506 g/mol. The highest BCUT2D eigenvalue weighted by molar-refractivity contribution is 9.10. The third-order valence-electron chi connectivity index (χ3n) is 4.54. The van der Waals surface area contributed by atoms with Crippen LogP contribution in [0.4, 0.5) is 5.69 Å². The summed E-state index contributed by atoms with van der Waals surface area (Å²) < 4.78 is 11.7. The van der Waals surface area contributed by atoms with Crippen LogP contribution in [-0.2, 0) is 4.79 Å². The summed E-state index contributed by atoms with van der Waals surface area (Å²) in [7, 11) is 0. The van der Waals surface area contributed by atoms with Crippen LogP contribution in [0.25, 0.3) is 0 Å². The van der Waals surface area contributed by atoms with Gasteiger partial charge in [0.2, 0.25) is 0 Å². The van der Waals surface area contributed by atoms with Gasteiger partial charge < -0.3 is 9.47 Å². The van der Waals surface area contributed by atoms with Gasteiger partial charge in [0.25, 0.3) is 11.6 Å². The molecule has 3 aromatic rings. The van der Waals surface area contributed by atoms with Crippen LogP contribution < -0.4 is 14.9 Å². The number of hydrazone groups is 1. The minimum absolute atomic E-state index is 0.0815. The van der Waals surface area contributed by atoms with E-state index in [9.17, 15) is 19.7 Å². The summed E-state index contributed by atoms with van der Waals surface area (Å²) in [6.45, 7) is 3.39. The molecule has 174 valence electrons. The number of esters is 1. The van der Waals surface area contributed by atoms with Crippen molar-refractivity contribution >= 4 is 39.7 Å². The molecule has 34 heavy (non-hydrogen) atoms. The summed E-state index contributed by atoms with van der Waals surface area (Å²) in [6, 6.07) is 17.4. The second-order valence-corrected chi connectivity index (χ2v) is 8.10. The zero-order chi connectivity index (χ0) is 24.7. The van der Waals surface area contributed by atoms with Crippen molar-refractivity contribution in [3.63, 3.8) is 0 Å². The molecule has 9 nitrogen and oxygen atoms in total. The predicted octanol–water partition coefficient (Wildman–Crippen LogP) is 4.80. The molecule has 1 amide bonds. The number of nitrogens with zero attached hydrogens (tertiary/aromatic N) is 2. The topological polar surface area (TPSA) is 120 Å². The number of nitro groups is 1. The van der Waals surface area contributed by atoms with Gasteiger partial charge in [0.15, 0.2) is 6.10 Å². The molecule has 1 N–H and O–H groups in total. The van der Waals surface area contributed by atoms with E-state index in [1.807, 2.05) is 13.0 Å². The van der Waals surface area contributed by atoms with Crippen LogP contribution in [0.15, 0.2) is 76.3 Å². The number of ether oxygens (including phenoxy) is 2. The van der Waals surface area contributed by atoms with Gasteiger partial charge in [0.05, 0.1) is 16.7 Å². The Bertz CT molecular complexity index is 1240. The lowest BCUT2D eigenvalue weighted by molar-refractivity contribution is -0.384. The Morgan fingerprint density at radius 3 is 2.53 bits per heavy atom. The van der Waals surface area contributed by atoms with Crippen LogP contribution in [0.5, 0.6) is 11.5 Å². The summed E-state index contributed by atoms with van der Waals surface area (Å²) in [5, 5.41) is 14.7. The van der Waals surface area contributed by atoms with Crippen LogP contribution in [0, 0.1) is 17.0 Å². The highest BCUT2D eigenvalue weighted by atomic mass is 79.9. The third kappa shape index (κ3) is 6.72. The number of hydrogen-bond donors (Lipinski definition) is 1. The number of carbonyl (C=O) groups excluding carboxylic acids is 2. The molecule has 3 rings (SSSR count). The second-order valence-electron chi connectivity index (χ2n) is 7.19. The first-order valence-electron chi connectivity index (χ1n) is 10.1. The van der Waals surface area contributed by atoms with Gasteiger partial charge in [0, 0.05) is 22.2 Å². The van der Waals surface area contributed by atoms with Gasteiger partial charge in [-0.1, -0.05) is 33.6 Å². The van der Waals surface area contributed by atoms with E-state index in [1.165, 1.54) is 37.4 Å². The van der Waals surface area contributed by atoms with E-state index in [0.717, 1.165) is 10.0 Å². The Kier molecular flexibility index (Phi) is 8.10. The number of nitrogens with one attached hydrogen (secondary N) is 1. The normalized spacial score (nSPS) is 11.6. The maximum atomic E-state index is 12.5. The highest BCUT2D eigenvalue weighted by Gasteiger charge is 2.15. The lowest BCUT2D eigenvalue weighted by Gasteiger charge is -2.12. The van der Waals surface area contributed by atoms with E-state index < -0.39 is 22.9 Å². The number of hydrogen-bond acceptors (Lipinski definition) is 7. The SMILES string of the molecule is Cc1cccc(C(=O)Oc2ccc(Br)cc2/C=N/NC(=O)C(C)Oc2ccc([N+](=O)[O-])cc2)c1. The standard InChI is InChI=1S/C24H20BrN3O6/c1-15-4-3-5-17(12-15)24(30)34-22-11-6-19(25)13-18(22)14-26-27-23(29)16(2)33-21-9-7-20(8-10-21)28(31)32/h3-14,16H,1-2H3,(H,27,29)/b26-14+. The van der Waals surface area contributed by atoms with E-state index in [2.05, 4.69) is 26.5 Å². The number of carbonyl (C=O) groups is 2. The van der Waals surface area contributed by atoms with Crippen molar-refractivity contribution in [3.05, 3.63) is 98.0 Å². The molecule has 0 aromatic heterocycles. The number of amides is 1. The molecule has 10 heteroatoms. The summed E-state index contributed by atoms with van der Waals surface area (Å²) in [5.41, 5.74) is 4.08. The molecule has 1 atom stereocenters. The molecule has 0 saturated carbocycles. The van der Waals surface area contributed by atoms with E-state index >= 15 is 0 Å². The first-order valence-corrected chi connectivity index (χ1v) is 10.8. The third-order valence-corrected chi connectivity index (χ3v) is 5.03. The molecule has 0 radical (unpaired) electrons. The number of halogens is 1. The summed E-state index contributed by atoms with van der Waals surface area (Å²) >= 11 is 3.36. The zero-order valence-electron chi connectivity index (χ0n) is 18.2. The minimum Gasteiger partial charge on any atom is -0.481 e. The smallest absolute Gasteiger partial charge is 0.343 e. The van der Waals surface area contributed by atoms with Gasteiger partial charge >= 0.3 is 5.97 Å². The first-order chi connectivity index (χ1) is 16.2. The lowest BCUT2D eigenvalue weighted by atomic mass is 10.1. The molecule has 1 unspecified atom stereocenters. The van der Waals surface area contributed by atoms with Gasteiger partial charge in [-0.25, -0.2) is 10.2 Å². The molecule has 0 bridgehead atoms. The number of rotatable bonds is 8. The Morgan fingerprint density at radius 2 is 1.85 bits per heavy atom. The average molecular weight is 526 g/mol. The summed E-state index contributed by atoms with van der Waals surface area (Å²) in [4.78, 5) is 35.0. The van der Waals surface area contributed by atoms with Crippen LogP contribution in [0.3, 0.4) is 0 Å². The molecule has 0 heterocycles. The maximum absolute atomic E-state index is 12.5. The Hall–Kier alpha value is -4.05. The monoisotopic (exact) mass is 525 g/mol. The molecule has 0 aliphatic carbocycles.